The van der Waals surface area contributed by atoms with Crippen LogP contribution in [0.1, 0.15) is 39.8 Å². The van der Waals surface area contributed by atoms with Crippen molar-refractivity contribution in [2.75, 3.05) is 26.6 Å². The number of nitrogen functional groups attached to an aromatic ring is 1. The molecule has 0 saturated heterocycles. The third-order valence-electron chi connectivity index (χ3n) is 6.78. The molecule has 32 heavy (non-hydrogen) atoms. The molecule has 4 N–H and O–H groups in total. The molecule has 6 nitrogen and oxygen atoms in total. The van der Waals surface area contributed by atoms with Crippen LogP contribution in [-0.2, 0) is 6.42 Å². The highest BCUT2D eigenvalue weighted by Gasteiger charge is 2.44. The van der Waals surface area contributed by atoms with Gasteiger partial charge in [0.05, 0.1) is 27.4 Å². The molecule has 3 unspecified atom stereocenters. The molecule has 0 bridgehead atoms. The van der Waals surface area contributed by atoms with E-state index >= 15 is 0 Å². The van der Waals surface area contributed by atoms with Gasteiger partial charge in [-0.1, -0.05) is 24.3 Å². The second kappa shape index (κ2) is 7.79. The minimum Gasteiger partial charge on any atom is -0.493 e. The van der Waals surface area contributed by atoms with E-state index in [1.54, 1.807) is 21.3 Å². The molecule has 164 valence electrons. The number of anilines is 1. The summed E-state index contributed by atoms with van der Waals surface area (Å²) in [7, 11) is 4.92. The number of ether oxygens (including phenoxy) is 3. The van der Waals surface area contributed by atoms with E-state index in [0.717, 1.165) is 23.2 Å². The van der Waals surface area contributed by atoms with Gasteiger partial charge in [-0.25, -0.2) is 0 Å². The monoisotopic (exact) mass is 429 g/mol. The first-order valence-electron chi connectivity index (χ1n) is 10.7. The number of rotatable bonds is 5. The number of nitrogens with one attached hydrogen (secondary N) is 2. The van der Waals surface area contributed by atoms with Crippen LogP contribution in [0.25, 0.3) is 0 Å². The topological polar surface area (TPSA) is 89.6 Å². The Bertz CT molecular complexity index is 1210. The van der Waals surface area contributed by atoms with Crippen LogP contribution in [0.2, 0.25) is 0 Å². The molecule has 0 aromatic heterocycles. The highest BCUT2D eigenvalue weighted by Crippen LogP contribution is 2.56. The van der Waals surface area contributed by atoms with Crippen molar-refractivity contribution >= 4 is 11.5 Å². The van der Waals surface area contributed by atoms with Crippen molar-refractivity contribution < 1.29 is 14.2 Å². The predicted octanol–water partition coefficient (Wildman–Crippen LogP) is 4.47. The summed E-state index contributed by atoms with van der Waals surface area (Å²) in [5.41, 5.74) is 12.5. The van der Waals surface area contributed by atoms with E-state index in [1.165, 1.54) is 16.7 Å². The lowest BCUT2D eigenvalue weighted by molar-refractivity contribution is 0.316. The summed E-state index contributed by atoms with van der Waals surface area (Å²) in [5.74, 6) is 2.47. The molecule has 3 aromatic rings. The molecule has 1 aliphatic heterocycles. The van der Waals surface area contributed by atoms with Crippen molar-refractivity contribution in [3.05, 3.63) is 82.4 Å². The molecule has 1 heterocycles. The van der Waals surface area contributed by atoms with E-state index in [1.807, 2.05) is 18.2 Å². The highest BCUT2D eigenvalue weighted by molar-refractivity contribution is 5.95. The molecule has 6 heteroatoms. The maximum atomic E-state index is 7.91. The molecule has 0 fully saturated rings. The third-order valence-corrected chi connectivity index (χ3v) is 6.78. The van der Waals surface area contributed by atoms with Gasteiger partial charge in [-0.05, 0) is 59.4 Å². The second-order valence-electron chi connectivity index (χ2n) is 8.31. The van der Waals surface area contributed by atoms with Gasteiger partial charge in [0.15, 0.2) is 11.5 Å². The van der Waals surface area contributed by atoms with Crippen LogP contribution in [0.3, 0.4) is 0 Å². The van der Waals surface area contributed by atoms with Gasteiger partial charge in [0.1, 0.15) is 5.84 Å². The zero-order valence-corrected chi connectivity index (χ0v) is 18.4. The van der Waals surface area contributed by atoms with E-state index in [-0.39, 0.29) is 23.7 Å². The average molecular weight is 430 g/mol. The number of hydrogen-bond acceptors (Lipinski definition) is 5. The van der Waals surface area contributed by atoms with Crippen molar-refractivity contribution in [3.8, 4) is 17.2 Å². The summed E-state index contributed by atoms with van der Waals surface area (Å²) in [6, 6.07) is 18.6. The maximum Gasteiger partial charge on any atom is 0.203 e. The summed E-state index contributed by atoms with van der Waals surface area (Å²) in [5, 5.41) is 11.7. The fraction of sp³-hybridized carbons (Fsp3) is 0.269. The molecular formula is C26H27N3O3. The molecule has 3 atom stereocenters. The van der Waals surface area contributed by atoms with E-state index in [9.17, 15) is 0 Å². The fourth-order valence-corrected chi connectivity index (χ4v) is 5.41. The number of fused-ring (bicyclic) bond motifs is 5. The average Bonchev–Trinajstić information content (AvgIpc) is 3.22. The Kier molecular flexibility index (Phi) is 4.93. The van der Waals surface area contributed by atoms with Gasteiger partial charge < -0.3 is 25.3 Å². The smallest absolute Gasteiger partial charge is 0.203 e. The lowest BCUT2D eigenvalue weighted by Gasteiger charge is -2.39. The quantitative estimate of drug-likeness (QED) is 0.411. The molecule has 5 rings (SSSR count). The van der Waals surface area contributed by atoms with Gasteiger partial charge >= 0.3 is 0 Å². The minimum atomic E-state index is 0.0119. The number of methoxy groups -OCH3 is 3. The summed E-state index contributed by atoms with van der Waals surface area (Å²) >= 11 is 0. The van der Waals surface area contributed by atoms with Crippen LogP contribution in [0.15, 0.2) is 54.6 Å². The zero-order chi connectivity index (χ0) is 22.4. The van der Waals surface area contributed by atoms with Crippen LogP contribution >= 0.6 is 0 Å². The van der Waals surface area contributed by atoms with Gasteiger partial charge in [-0.2, -0.15) is 0 Å². The molecular weight excluding hydrogens is 402 g/mol. The Morgan fingerprint density at radius 3 is 2.41 bits per heavy atom. The Morgan fingerprint density at radius 1 is 0.906 bits per heavy atom. The molecule has 0 radical (unpaired) electrons. The molecule has 0 saturated carbocycles. The first-order chi connectivity index (χ1) is 15.6. The first-order valence-corrected chi connectivity index (χ1v) is 10.7. The standard InChI is InChI=1S/C26H27N3O3/c1-30-21-11-9-17(24(31-2)25(21)32-3)23-19-12-14-6-4-5-7-16(14)22(19)18-13-15(26(27)28)8-10-20(18)29-23/h4-11,13,19,22-23,29H,12H2,1-3H3,(H3,27,28). The van der Waals surface area contributed by atoms with E-state index in [0.29, 0.717) is 17.2 Å². The van der Waals surface area contributed by atoms with E-state index in [4.69, 9.17) is 25.4 Å². The highest BCUT2D eigenvalue weighted by atomic mass is 16.5. The van der Waals surface area contributed by atoms with Crippen molar-refractivity contribution in [3.63, 3.8) is 0 Å². The number of amidine groups is 1. The van der Waals surface area contributed by atoms with Crippen LogP contribution in [0.5, 0.6) is 17.2 Å². The van der Waals surface area contributed by atoms with Gasteiger partial charge in [-0.15, -0.1) is 0 Å². The van der Waals surface area contributed by atoms with Crippen molar-refractivity contribution in [1.82, 2.24) is 0 Å². The van der Waals surface area contributed by atoms with E-state index < -0.39 is 0 Å². The van der Waals surface area contributed by atoms with E-state index in [2.05, 4.69) is 41.7 Å². The van der Waals surface area contributed by atoms with Crippen molar-refractivity contribution in [2.24, 2.45) is 11.7 Å². The molecule has 3 aromatic carbocycles. The molecule has 2 aliphatic rings. The molecule has 0 amide bonds. The predicted molar refractivity (Wildman–Crippen MR) is 125 cm³/mol. The fourth-order valence-electron chi connectivity index (χ4n) is 5.41. The summed E-state index contributed by atoms with van der Waals surface area (Å²) < 4.78 is 17.0. The number of nitrogens with two attached hydrogens (primary N) is 1. The largest absolute Gasteiger partial charge is 0.493 e. The van der Waals surface area contributed by atoms with Crippen LogP contribution < -0.4 is 25.3 Å². The summed E-state index contributed by atoms with van der Waals surface area (Å²) in [6.07, 6.45) is 0.944. The van der Waals surface area contributed by atoms with Crippen LogP contribution in [0, 0.1) is 11.3 Å². The van der Waals surface area contributed by atoms with Gasteiger partial charge in [0.25, 0.3) is 0 Å². The Labute approximate surface area is 187 Å². The SMILES string of the molecule is COc1ccc(C2Nc3ccc(C(=N)N)cc3C3c4ccccc4CC23)c(OC)c1OC. The van der Waals surface area contributed by atoms with Crippen molar-refractivity contribution in [2.45, 2.75) is 18.4 Å². The minimum absolute atomic E-state index is 0.0119. The van der Waals surface area contributed by atoms with Gasteiger partial charge in [0.2, 0.25) is 5.75 Å². The number of benzene rings is 3. The second-order valence-corrected chi connectivity index (χ2v) is 8.31. The van der Waals surface area contributed by atoms with Crippen molar-refractivity contribution in [1.29, 1.82) is 5.41 Å². The Morgan fingerprint density at radius 2 is 1.69 bits per heavy atom. The molecule has 1 aliphatic carbocycles. The van der Waals surface area contributed by atoms with Gasteiger partial charge in [-0.3, -0.25) is 5.41 Å². The number of hydrogen-bond donors (Lipinski definition) is 3. The third kappa shape index (κ3) is 2.98. The Balaban J connectivity index is 1.70. The van der Waals surface area contributed by atoms with Crippen LogP contribution in [-0.4, -0.2) is 27.2 Å². The normalized spacial score (nSPS) is 20.4. The summed E-state index contributed by atoms with van der Waals surface area (Å²) in [4.78, 5) is 0. The maximum absolute atomic E-state index is 7.91. The zero-order valence-electron chi connectivity index (χ0n) is 18.4. The van der Waals surface area contributed by atoms with Gasteiger partial charge in [0, 0.05) is 22.7 Å². The lowest BCUT2D eigenvalue weighted by Crippen LogP contribution is -2.31. The molecule has 0 spiro atoms. The van der Waals surface area contributed by atoms with Crippen LogP contribution in [0.4, 0.5) is 5.69 Å². The Hall–Kier alpha value is -3.67. The lowest BCUT2D eigenvalue weighted by atomic mass is 9.75. The summed E-state index contributed by atoms with van der Waals surface area (Å²) in [6.45, 7) is 0. The first kappa shape index (κ1) is 20.2.